The number of likely N-dealkylation sites (N-methyl/N-ethyl adjacent to an activating group) is 1. The molecule has 3 aromatic carbocycles. The summed E-state index contributed by atoms with van der Waals surface area (Å²) in [6.45, 7) is 3.14. The van der Waals surface area contributed by atoms with Crippen molar-refractivity contribution in [3.8, 4) is 0 Å². The number of anilines is 2. The standard InChI is InChI=1S/C31H39N5O3/c1-21(36-17-16-27(28(37)20-36)34-29(38)25-15-14-24(32)18-26(25)33)19-31(30(39)35(2)3,22-10-6-4-7-11-22)23-12-8-5-9-13-23/h4-15,18,21,27-28,37H,16-17,19-20,32-33H2,1-3H3,(H,34,38)/t21?,27-,28-/m0/s1. The van der Waals surface area contributed by atoms with Gasteiger partial charge in [-0.3, -0.25) is 14.5 Å². The van der Waals surface area contributed by atoms with Gasteiger partial charge in [-0.1, -0.05) is 60.7 Å². The number of nitrogens with one attached hydrogen (secondary N) is 1. The highest BCUT2D eigenvalue weighted by atomic mass is 16.3. The van der Waals surface area contributed by atoms with Crippen LogP contribution in [0.15, 0.2) is 78.9 Å². The zero-order chi connectivity index (χ0) is 28.2. The first-order chi connectivity index (χ1) is 18.6. The summed E-state index contributed by atoms with van der Waals surface area (Å²) in [6, 6.07) is 24.2. The van der Waals surface area contributed by atoms with Crippen LogP contribution >= 0.6 is 0 Å². The fraction of sp³-hybridized carbons (Fsp3) is 0.355. The largest absolute Gasteiger partial charge is 0.399 e. The van der Waals surface area contributed by atoms with Crippen LogP contribution in [0.1, 0.15) is 41.3 Å². The van der Waals surface area contributed by atoms with Gasteiger partial charge < -0.3 is 26.8 Å². The first kappa shape index (κ1) is 28.1. The van der Waals surface area contributed by atoms with Gasteiger partial charge in [0.1, 0.15) is 5.41 Å². The summed E-state index contributed by atoms with van der Waals surface area (Å²) in [5.41, 5.74) is 13.8. The molecule has 1 aliphatic heterocycles. The number of amides is 2. The Labute approximate surface area is 230 Å². The van der Waals surface area contributed by atoms with E-state index < -0.39 is 17.6 Å². The number of rotatable bonds is 8. The predicted molar refractivity (Wildman–Crippen MR) is 155 cm³/mol. The van der Waals surface area contributed by atoms with Crippen LogP contribution in [0, 0.1) is 0 Å². The van der Waals surface area contributed by atoms with Crippen molar-refractivity contribution in [2.24, 2.45) is 0 Å². The lowest BCUT2D eigenvalue weighted by molar-refractivity contribution is -0.134. The average molecular weight is 530 g/mol. The van der Waals surface area contributed by atoms with Gasteiger partial charge in [-0.05, 0) is 49.1 Å². The lowest BCUT2D eigenvalue weighted by Gasteiger charge is -2.44. The third kappa shape index (κ3) is 5.92. The van der Waals surface area contributed by atoms with E-state index in [2.05, 4.69) is 17.1 Å². The molecule has 0 radical (unpaired) electrons. The molecule has 0 bridgehead atoms. The van der Waals surface area contributed by atoms with Gasteiger partial charge in [0.2, 0.25) is 5.91 Å². The summed E-state index contributed by atoms with van der Waals surface area (Å²) in [7, 11) is 3.58. The summed E-state index contributed by atoms with van der Waals surface area (Å²) >= 11 is 0. The second-order valence-corrected chi connectivity index (χ2v) is 10.7. The van der Waals surface area contributed by atoms with Crippen LogP contribution in [0.25, 0.3) is 0 Å². The van der Waals surface area contributed by atoms with Crippen LogP contribution in [0.3, 0.4) is 0 Å². The Morgan fingerprint density at radius 2 is 1.62 bits per heavy atom. The minimum absolute atomic E-state index is 0.00975. The summed E-state index contributed by atoms with van der Waals surface area (Å²) in [5.74, 6) is -0.322. The zero-order valence-electron chi connectivity index (χ0n) is 22.9. The topological polar surface area (TPSA) is 125 Å². The zero-order valence-corrected chi connectivity index (χ0v) is 22.9. The molecule has 1 heterocycles. The van der Waals surface area contributed by atoms with Crippen molar-refractivity contribution in [2.75, 3.05) is 38.7 Å². The van der Waals surface area contributed by atoms with Crippen LogP contribution in [0.2, 0.25) is 0 Å². The maximum absolute atomic E-state index is 14.0. The molecule has 8 nitrogen and oxygen atoms in total. The SMILES string of the molecule is CC(CC(C(=O)N(C)C)(c1ccccc1)c1ccccc1)N1CC[C@H](NC(=O)c2ccc(N)cc2N)[C@@H](O)C1. The maximum atomic E-state index is 14.0. The Hall–Kier alpha value is -3.88. The van der Waals surface area contributed by atoms with Crippen molar-refractivity contribution >= 4 is 23.2 Å². The molecule has 0 spiro atoms. The molecule has 39 heavy (non-hydrogen) atoms. The number of piperidine rings is 1. The molecule has 0 aliphatic carbocycles. The molecule has 1 fully saturated rings. The number of carbonyl (C=O) groups is 2. The summed E-state index contributed by atoms with van der Waals surface area (Å²) < 4.78 is 0. The molecule has 1 saturated heterocycles. The average Bonchev–Trinajstić information content (AvgIpc) is 2.93. The maximum Gasteiger partial charge on any atom is 0.253 e. The second kappa shape index (κ2) is 11.9. The minimum atomic E-state index is -0.895. The van der Waals surface area contributed by atoms with Gasteiger partial charge in [0.25, 0.3) is 5.91 Å². The van der Waals surface area contributed by atoms with E-state index in [0.29, 0.717) is 42.9 Å². The molecular formula is C31H39N5O3. The first-order valence-corrected chi connectivity index (χ1v) is 13.3. The van der Waals surface area contributed by atoms with Crippen LogP contribution < -0.4 is 16.8 Å². The Morgan fingerprint density at radius 1 is 1.03 bits per heavy atom. The van der Waals surface area contributed by atoms with Gasteiger partial charge in [0.05, 0.1) is 17.7 Å². The number of aliphatic hydroxyl groups excluding tert-OH is 1. The van der Waals surface area contributed by atoms with Crippen LogP contribution in [0.4, 0.5) is 11.4 Å². The van der Waals surface area contributed by atoms with Crippen molar-refractivity contribution in [1.29, 1.82) is 0 Å². The van der Waals surface area contributed by atoms with E-state index in [1.807, 2.05) is 60.7 Å². The van der Waals surface area contributed by atoms with Crippen LogP contribution in [-0.4, -0.2) is 72.1 Å². The first-order valence-electron chi connectivity index (χ1n) is 13.3. The number of carbonyl (C=O) groups excluding carboxylic acids is 2. The number of β-amino-alcohol motifs (C(OH)–C–C–N with tert-alkyl or cyclic N) is 1. The van der Waals surface area contributed by atoms with E-state index >= 15 is 0 Å². The summed E-state index contributed by atoms with van der Waals surface area (Å²) in [6.07, 6.45) is 0.328. The molecule has 4 rings (SSSR count). The van der Waals surface area contributed by atoms with E-state index in [1.165, 1.54) is 0 Å². The van der Waals surface area contributed by atoms with E-state index in [9.17, 15) is 14.7 Å². The highest BCUT2D eigenvalue weighted by molar-refractivity contribution is 5.99. The molecule has 1 aliphatic rings. The smallest absolute Gasteiger partial charge is 0.253 e. The van der Waals surface area contributed by atoms with E-state index in [0.717, 1.165) is 11.1 Å². The van der Waals surface area contributed by atoms with Gasteiger partial charge in [-0.25, -0.2) is 0 Å². The highest BCUT2D eigenvalue weighted by Gasteiger charge is 2.45. The number of benzene rings is 3. The Bertz CT molecular complexity index is 1240. The molecule has 6 N–H and O–H groups in total. The minimum Gasteiger partial charge on any atom is -0.399 e. The van der Waals surface area contributed by atoms with E-state index in [4.69, 9.17) is 11.5 Å². The number of nitrogen functional groups attached to an aromatic ring is 2. The molecular weight excluding hydrogens is 490 g/mol. The van der Waals surface area contributed by atoms with Crippen molar-refractivity contribution in [1.82, 2.24) is 15.1 Å². The molecule has 0 aromatic heterocycles. The fourth-order valence-corrected chi connectivity index (χ4v) is 5.69. The predicted octanol–water partition coefficient (Wildman–Crippen LogP) is 2.87. The van der Waals surface area contributed by atoms with Crippen molar-refractivity contribution < 1.29 is 14.7 Å². The Morgan fingerprint density at radius 3 is 2.13 bits per heavy atom. The third-order valence-corrected chi connectivity index (χ3v) is 7.78. The van der Waals surface area contributed by atoms with Crippen LogP contribution in [0.5, 0.6) is 0 Å². The number of nitrogens with two attached hydrogens (primary N) is 2. The van der Waals surface area contributed by atoms with Gasteiger partial charge in [0, 0.05) is 44.6 Å². The van der Waals surface area contributed by atoms with Crippen molar-refractivity contribution in [2.45, 2.75) is 43.4 Å². The van der Waals surface area contributed by atoms with E-state index in [-0.39, 0.29) is 17.9 Å². The Balaban J connectivity index is 1.54. The van der Waals surface area contributed by atoms with Crippen molar-refractivity contribution in [3.05, 3.63) is 95.6 Å². The van der Waals surface area contributed by atoms with Gasteiger partial charge in [-0.2, -0.15) is 0 Å². The molecule has 3 atom stereocenters. The molecule has 3 aromatic rings. The number of nitrogens with zero attached hydrogens (tertiary/aromatic N) is 2. The van der Waals surface area contributed by atoms with Crippen LogP contribution in [-0.2, 0) is 10.2 Å². The number of aliphatic hydroxyl groups is 1. The lowest BCUT2D eigenvalue weighted by Crippen LogP contribution is -2.57. The molecule has 206 valence electrons. The van der Waals surface area contributed by atoms with Gasteiger partial charge in [-0.15, -0.1) is 0 Å². The molecule has 2 amide bonds. The van der Waals surface area contributed by atoms with Gasteiger partial charge >= 0.3 is 0 Å². The number of hydrogen-bond donors (Lipinski definition) is 4. The number of likely N-dealkylation sites (tertiary alicyclic amines) is 1. The molecule has 0 saturated carbocycles. The second-order valence-electron chi connectivity index (χ2n) is 10.7. The van der Waals surface area contributed by atoms with Gasteiger partial charge in [0.15, 0.2) is 0 Å². The van der Waals surface area contributed by atoms with E-state index in [1.54, 1.807) is 37.2 Å². The third-order valence-electron chi connectivity index (χ3n) is 7.78. The van der Waals surface area contributed by atoms with Crippen molar-refractivity contribution in [3.63, 3.8) is 0 Å². The molecule has 1 unspecified atom stereocenters. The Kier molecular flexibility index (Phi) is 8.57. The normalized spacial score (nSPS) is 18.8. The quantitative estimate of drug-likeness (QED) is 0.333. The summed E-state index contributed by atoms with van der Waals surface area (Å²) in [5, 5.41) is 14.0. The monoisotopic (exact) mass is 529 g/mol. The lowest BCUT2D eigenvalue weighted by atomic mass is 9.69. The molecule has 8 heteroatoms. The summed E-state index contributed by atoms with van der Waals surface area (Å²) in [4.78, 5) is 30.7. The highest BCUT2D eigenvalue weighted by Crippen LogP contribution is 2.39. The fourth-order valence-electron chi connectivity index (χ4n) is 5.69. The number of hydrogen-bond acceptors (Lipinski definition) is 6.